The molecule has 0 bridgehead atoms. The van der Waals surface area contributed by atoms with Crippen LogP contribution in [0.1, 0.15) is 5.56 Å². The van der Waals surface area contributed by atoms with Gasteiger partial charge in [0.2, 0.25) is 0 Å². The van der Waals surface area contributed by atoms with Gasteiger partial charge in [0, 0.05) is 18.3 Å². The van der Waals surface area contributed by atoms with E-state index < -0.39 is 0 Å². The van der Waals surface area contributed by atoms with Crippen molar-refractivity contribution in [1.29, 1.82) is 0 Å². The van der Waals surface area contributed by atoms with Gasteiger partial charge in [0.25, 0.3) is 0 Å². The molecule has 1 aromatic rings. The first kappa shape index (κ1) is 9.44. The van der Waals surface area contributed by atoms with Gasteiger partial charge >= 0.3 is 0 Å². The van der Waals surface area contributed by atoms with Crippen molar-refractivity contribution in [2.45, 2.75) is 0 Å². The molecule has 0 unspecified atom stereocenters. The van der Waals surface area contributed by atoms with E-state index in [-0.39, 0.29) is 5.82 Å². The minimum Gasteiger partial charge on any atom is -0.398 e. The van der Waals surface area contributed by atoms with Gasteiger partial charge in [-0.25, -0.2) is 4.39 Å². The fraction of sp³-hybridized carbons (Fsp3) is 0.125. The lowest BCUT2D eigenvalue weighted by Gasteiger charge is -2.02. The molecule has 1 aromatic carbocycles. The lowest BCUT2D eigenvalue weighted by atomic mass is 10.2. The Hall–Kier alpha value is -0.650. The minimum absolute atomic E-state index is 0.294. The lowest BCUT2D eigenvalue weighted by molar-refractivity contribution is 0.628. The molecular weight excluding hydrogens is 270 g/mol. The van der Waals surface area contributed by atoms with Crippen molar-refractivity contribution in [1.82, 2.24) is 0 Å². The van der Waals surface area contributed by atoms with Crippen molar-refractivity contribution < 1.29 is 4.39 Å². The highest BCUT2D eigenvalue weighted by Gasteiger charge is 2.04. The van der Waals surface area contributed by atoms with Gasteiger partial charge in [-0.2, -0.15) is 0 Å². The van der Waals surface area contributed by atoms with Crippen LogP contribution in [0.15, 0.2) is 23.2 Å². The Labute approximate surface area is 83.8 Å². The quantitative estimate of drug-likeness (QED) is 0.477. The second kappa shape index (κ2) is 3.84. The number of rotatable bonds is 1. The summed E-state index contributed by atoms with van der Waals surface area (Å²) in [6, 6.07) is 4.25. The molecule has 0 spiro atoms. The Balaban J connectivity index is 3.23. The van der Waals surface area contributed by atoms with E-state index in [4.69, 9.17) is 5.73 Å². The molecule has 0 aromatic heterocycles. The van der Waals surface area contributed by atoms with E-state index in [1.165, 1.54) is 18.2 Å². The summed E-state index contributed by atoms with van der Waals surface area (Å²) in [6.07, 6.45) is 0. The van der Waals surface area contributed by atoms with Crippen molar-refractivity contribution in [2.75, 3.05) is 12.8 Å². The Morgan fingerprint density at radius 3 is 2.83 bits per heavy atom. The third-order valence-electron chi connectivity index (χ3n) is 1.43. The number of halogens is 2. The number of nitrogen functional groups attached to an aromatic ring is 1. The lowest BCUT2D eigenvalue weighted by Crippen LogP contribution is -1.98. The van der Waals surface area contributed by atoms with Crippen molar-refractivity contribution >= 4 is 32.0 Å². The molecule has 0 atom stereocenters. The van der Waals surface area contributed by atoms with Gasteiger partial charge < -0.3 is 5.73 Å². The molecule has 0 heterocycles. The summed E-state index contributed by atoms with van der Waals surface area (Å²) in [4.78, 5) is 3.92. The monoisotopic (exact) mass is 278 g/mol. The highest BCUT2D eigenvalue weighted by molar-refractivity contribution is 14.1. The van der Waals surface area contributed by atoms with Crippen LogP contribution >= 0.6 is 22.6 Å². The zero-order valence-corrected chi connectivity index (χ0v) is 8.67. The van der Waals surface area contributed by atoms with Crippen molar-refractivity contribution in [3.05, 3.63) is 29.6 Å². The van der Waals surface area contributed by atoms with E-state index in [2.05, 4.69) is 4.99 Å². The molecule has 2 nitrogen and oxygen atoms in total. The zero-order valence-electron chi connectivity index (χ0n) is 6.51. The molecule has 0 aliphatic rings. The Morgan fingerprint density at radius 1 is 1.58 bits per heavy atom. The number of nitrogens with two attached hydrogens (primary N) is 1. The van der Waals surface area contributed by atoms with Gasteiger partial charge in [-0.3, -0.25) is 4.99 Å². The molecular formula is C8H8FIN2. The van der Waals surface area contributed by atoms with Gasteiger partial charge in [-0.05, 0) is 40.8 Å². The smallest absolute Gasteiger partial charge is 0.124 e. The van der Waals surface area contributed by atoms with Crippen LogP contribution in [0.4, 0.5) is 10.1 Å². The van der Waals surface area contributed by atoms with Gasteiger partial charge in [-0.15, -0.1) is 0 Å². The van der Waals surface area contributed by atoms with Crippen LogP contribution in [-0.2, 0) is 0 Å². The summed E-state index contributed by atoms with van der Waals surface area (Å²) in [6.45, 7) is 0. The van der Waals surface area contributed by atoms with Crippen LogP contribution in [-0.4, -0.2) is 10.8 Å². The summed E-state index contributed by atoms with van der Waals surface area (Å²) in [5, 5.41) is 0. The van der Waals surface area contributed by atoms with Crippen LogP contribution in [0.2, 0.25) is 0 Å². The van der Waals surface area contributed by atoms with E-state index in [9.17, 15) is 4.39 Å². The number of anilines is 1. The molecule has 0 aliphatic carbocycles. The van der Waals surface area contributed by atoms with Gasteiger partial charge in [0.1, 0.15) is 9.54 Å². The standard InChI is InChI=1S/C8H8FIN2/c1-12-8(10)6-4-5(9)2-3-7(6)11/h2-4H,11H2,1H3. The highest BCUT2D eigenvalue weighted by Crippen LogP contribution is 2.17. The summed E-state index contributed by atoms with van der Waals surface area (Å²) in [7, 11) is 1.64. The first-order valence-electron chi connectivity index (χ1n) is 3.33. The van der Waals surface area contributed by atoms with Crippen LogP contribution in [0, 0.1) is 5.82 Å². The van der Waals surface area contributed by atoms with Crippen LogP contribution < -0.4 is 5.73 Å². The highest BCUT2D eigenvalue weighted by atomic mass is 127. The molecule has 4 heteroatoms. The number of hydrogen-bond acceptors (Lipinski definition) is 2. The first-order chi connectivity index (χ1) is 5.65. The molecule has 0 fully saturated rings. The van der Waals surface area contributed by atoms with Crippen LogP contribution in [0.25, 0.3) is 0 Å². The Bertz CT molecular complexity index is 323. The zero-order chi connectivity index (χ0) is 9.14. The number of benzene rings is 1. The summed E-state index contributed by atoms with van der Waals surface area (Å²) < 4.78 is 13.4. The third-order valence-corrected chi connectivity index (χ3v) is 2.50. The van der Waals surface area contributed by atoms with E-state index in [1.807, 2.05) is 22.6 Å². The number of nitrogens with zero attached hydrogens (tertiary/aromatic N) is 1. The normalized spacial score (nSPS) is 11.8. The van der Waals surface area contributed by atoms with Crippen molar-refractivity contribution in [3.8, 4) is 0 Å². The topological polar surface area (TPSA) is 38.4 Å². The first-order valence-corrected chi connectivity index (χ1v) is 4.40. The Kier molecular flexibility index (Phi) is 3.02. The maximum atomic E-state index is 12.7. The SMILES string of the molecule is CN=C(I)c1cc(F)ccc1N. The maximum absolute atomic E-state index is 12.7. The third kappa shape index (κ3) is 1.94. The van der Waals surface area contributed by atoms with E-state index >= 15 is 0 Å². The minimum atomic E-state index is -0.294. The fourth-order valence-corrected chi connectivity index (χ4v) is 1.29. The van der Waals surface area contributed by atoms with Gasteiger partial charge in [0.15, 0.2) is 0 Å². The second-order valence-electron chi connectivity index (χ2n) is 2.25. The summed E-state index contributed by atoms with van der Waals surface area (Å²) >= 11 is 2.02. The van der Waals surface area contributed by atoms with Gasteiger partial charge in [0.05, 0.1) is 0 Å². The van der Waals surface area contributed by atoms with E-state index in [0.29, 0.717) is 15.0 Å². The fourth-order valence-electron chi connectivity index (χ4n) is 0.828. The molecule has 0 amide bonds. The maximum Gasteiger partial charge on any atom is 0.124 e. The molecule has 0 aliphatic heterocycles. The predicted molar refractivity (Wildman–Crippen MR) is 57.3 cm³/mol. The Morgan fingerprint density at radius 2 is 2.25 bits per heavy atom. The van der Waals surface area contributed by atoms with Crippen molar-refractivity contribution in [3.63, 3.8) is 0 Å². The molecule has 0 saturated carbocycles. The average Bonchev–Trinajstić information content (AvgIpc) is 2.08. The van der Waals surface area contributed by atoms with E-state index in [0.717, 1.165) is 0 Å². The number of hydrogen-bond donors (Lipinski definition) is 1. The van der Waals surface area contributed by atoms with Gasteiger partial charge in [-0.1, -0.05) is 0 Å². The molecule has 0 radical (unpaired) electrons. The van der Waals surface area contributed by atoms with E-state index in [1.54, 1.807) is 7.05 Å². The molecule has 1 rings (SSSR count). The second-order valence-corrected chi connectivity index (χ2v) is 3.27. The molecule has 0 saturated heterocycles. The molecule has 64 valence electrons. The predicted octanol–water partition coefficient (Wildman–Crippen LogP) is 2.22. The summed E-state index contributed by atoms with van der Waals surface area (Å²) in [5.41, 5.74) is 6.81. The molecule has 2 N–H and O–H groups in total. The largest absolute Gasteiger partial charge is 0.398 e. The average molecular weight is 278 g/mol. The molecule has 12 heavy (non-hydrogen) atoms. The number of aliphatic imine (C=N–C) groups is 1. The van der Waals surface area contributed by atoms with Crippen LogP contribution in [0.3, 0.4) is 0 Å². The van der Waals surface area contributed by atoms with Crippen LogP contribution in [0.5, 0.6) is 0 Å². The van der Waals surface area contributed by atoms with Crippen molar-refractivity contribution in [2.24, 2.45) is 4.99 Å². The summed E-state index contributed by atoms with van der Waals surface area (Å²) in [5.74, 6) is -0.294.